The topological polar surface area (TPSA) is 115 Å². The third-order valence-corrected chi connectivity index (χ3v) is 5.62. The van der Waals surface area contributed by atoms with Crippen LogP contribution in [0.15, 0.2) is 66.9 Å². The lowest BCUT2D eigenvalue weighted by Gasteiger charge is -2.38. The quantitative estimate of drug-likeness (QED) is 0.390. The number of hydrogen-bond acceptors (Lipinski definition) is 6. The van der Waals surface area contributed by atoms with Gasteiger partial charge in [0.1, 0.15) is 17.6 Å². The number of amides is 1. The van der Waals surface area contributed by atoms with Crippen LogP contribution in [-0.4, -0.2) is 40.2 Å². The van der Waals surface area contributed by atoms with Gasteiger partial charge in [-0.3, -0.25) is 9.78 Å². The average Bonchev–Trinajstić information content (AvgIpc) is 2.84. The van der Waals surface area contributed by atoms with E-state index in [9.17, 15) is 24.5 Å². The van der Waals surface area contributed by atoms with E-state index in [1.54, 1.807) is 48.7 Å². The van der Waals surface area contributed by atoms with Gasteiger partial charge in [0.05, 0.1) is 29.8 Å². The van der Waals surface area contributed by atoms with Gasteiger partial charge in [0.2, 0.25) is 5.91 Å². The minimum absolute atomic E-state index is 0.00742. The Kier molecular flexibility index (Phi) is 8.36. The van der Waals surface area contributed by atoms with Crippen LogP contribution in [0.25, 0.3) is 11.6 Å². The molecule has 0 saturated heterocycles. The van der Waals surface area contributed by atoms with E-state index in [2.05, 4.69) is 10.3 Å². The summed E-state index contributed by atoms with van der Waals surface area (Å²) in [5.74, 6) is -1.18. The van der Waals surface area contributed by atoms with Gasteiger partial charge in [-0.1, -0.05) is 37.3 Å². The number of aromatic nitrogens is 1. The molecule has 0 fully saturated rings. The molecule has 0 bridgehead atoms. The summed E-state index contributed by atoms with van der Waals surface area (Å²) < 4.78 is 20.0. The number of carbonyl (C=O) groups is 1. The van der Waals surface area contributed by atoms with Crippen molar-refractivity contribution in [3.8, 4) is 11.8 Å². The maximum absolute atomic E-state index is 14.3. The summed E-state index contributed by atoms with van der Waals surface area (Å²) in [6.07, 6.45) is 10.3. The third-order valence-electron chi connectivity index (χ3n) is 5.62. The Bertz CT molecular complexity index is 1140. The van der Waals surface area contributed by atoms with Crippen LogP contribution in [0.4, 0.5) is 4.39 Å². The predicted octanol–water partition coefficient (Wildman–Crippen LogP) is 3.29. The molecular weight excluding hydrogens is 436 g/mol. The molecule has 1 aromatic carbocycles. The van der Waals surface area contributed by atoms with E-state index in [4.69, 9.17) is 4.74 Å². The zero-order chi connectivity index (χ0) is 24.6. The first-order valence-electron chi connectivity index (χ1n) is 10.9. The van der Waals surface area contributed by atoms with Gasteiger partial charge in [0.25, 0.3) is 0 Å². The molecule has 1 heterocycles. The summed E-state index contributed by atoms with van der Waals surface area (Å²) >= 11 is 0. The van der Waals surface area contributed by atoms with E-state index < -0.39 is 24.3 Å². The highest BCUT2D eigenvalue weighted by molar-refractivity contribution is 6.44. The van der Waals surface area contributed by atoms with Crippen LogP contribution < -0.4 is 10.1 Å². The Morgan fingerprint density at radius 2 is 2.18 bits per heavy atom. The van der Waals surface area contributed by atoms with Gasteiger partial charge in [0.15, 0.2) is 0 Å². The van der Waals surface area contributed by atoms with Gasteiger partial charge in [-0.2, -0.15) is 5.26 Å². The molecule has 1 amide bonds. The van der Waals surface area contributed by atoms with E-state index in [1.807, 2.05) is 13.0 Å². The molecule has 9 heteroatoms. The molecule has 7 nitrogen and oxygen atoms in total. The van der Waals surface area contributed by atoms with Crippen molar-refractivity contribution in [1.82, 2.24) is 10.3 Å². The summed E-state index contributed by atoms with van der Waals surface area (Å²) in [7, 11) is -1.62. The number of carbonyl (C=O) groups excluding carboxylic acids is 1. The second-order valence-corrected chi connectivity index (χ2v) is 7.79. The molecule has 1 aliphatic carbocycles. The highest BCUT2D eigenvalue weighted by atomic mass is 19.1. The molecule has 0 saturated carbocycles. The van der Waals surface area contributed by atoms with Crippen molar-refractivity contribution in [3.63, 3.8) is 0 Å². The van der Waals surface area contributed by atoms with Gasteiger partial charge >= 0.3 is 7.12 Å². The maximum Gasteiger partial charge on any atom is 0.461 e. The fourth-order valence-electron chi connectivity index (χ4n) is 3.77. The normalized spacial score (nSPS) is 19.4. The third kappa shape index (κ3) is 5.98. The number of halogens is 1. The van der Waals surface area contributed by atoms with E-state index in [-0.39, 0.29) is 30.1 Å². The van der Waals surface area contributed by atoms with Crippen molar-refractivity contribution >= 4 is 24.7 Å². The summed E-state index contributed by atoms with van der Waals surface area (Å²) in [6.45, 7) is 1.88. The highest BCUT2D eigenvalue weighted by Crippen LogP contribution is 2.34. The standard InChI is InChI=1S/C25H25BFN3O4/c1-2-25(12-5-3-8-23(25)26(32)33)30-24(31)11-14-34-20-9-10-21(27)18(16-20)15-19(17-28)22-7-4-6-13-29-22/h3-10,12-13,15-16,23,32-33H,2,11,14H2,1H3,(H,30,31)/t23?,25-/m0/s1. The number of pyridine rings is 1. The van der Waals surface area contributed by atoms with Crippen LogP contribution in [0.1, 0.15) is 31.0 Å². The van der Waals surface area contributed by atoms with Crippen LogP contribution in [0.2, 0.25) is 5.82 Å². The van der Waals surface area contributed by atoms with Crippen molar-refractivity contribution in [1.29, 1.82) is 5.26 Å². The lowest BCUT2D eigenvalue weighted by atomic mass is 9.59. The number of rotatable bonds is 9. The van der Waals surface area contributed by atoms with E-state index in [0.717, 1.165) is 0 Å². The van der Waals surface area contributed by atoms with E-state index in [0.29, 0.717) is 17.9 Å². The summed E-state index contributed by atoms with van der Waals surface area (Å²) in [4.78, 5) is 16.7. The molecular formula is C25H25BFN3O4. The Labute approximate surface area is 198 Å². The molecule has 34 heavy (non-hydrogen) atoms. The fourth-order valence-corrected chi connectivity index (χ4v) is 3.77. The molecule has 2 atom stereocenters. The Morgan fingerprint density at radius 1 is 1.35 bits per heavy atom. The lowest BCUT2D eigenvalue weighted by Crippen LogP contribution is -2.54. The first kappa shape index (κ1) is 24.9. The monoisotopic (exact) mass is 461 g/mol. The molecule has 3 N–H and O–H groups in total. The van der Waals surface area contributed by atoms with Crippen molar-refractivity contribution in [2.45, 2.75) is 31.1 Å². The predicted molar refractivity (Wildman–Crippen MR) is 128 cm³/mol. The molecule has 0 radical (unpaired) electrons. The number of benzene rings is 1. The number of nitriles is 1. The second-order valence-electron chi connectivity index (χ2n) is 7.79. The number of nitrogens with zero attached hydrogens (tertiary/aromatic N) is 2. The first-order chi connectivity index (χ1) is 16.4. The summed E-state index contributed by atoms with van der Waals surface area (Å²) in [5.41, 5.74) is -0.119. The van der Waals surface area contributed by atoms with Gasteiger partial charge in [-0.15, -0.1) is 0 Å². The molecule has 0 spiro atoms. The van der Waals surface area contributed by atoms with Crippen molar-refractivity contribution in [2.24, 2.45) is 0 Å². The second kappa shape index (κ2) is 11.4. The number of hydrogen-bond donors (Lipinski definition) is 3. The molecule has 174 valence electrons. The minimum atomic E-state index is -1.62. The zero-order valence-electron chi connectivity index (χ0n) is 18.7. The molecule has 2 aromatic rings. The lowest BCUT2D eigenvalue weighted by molar-refractivity contribution is -0.123. The molecule has 3 rings (SSSR count). The molecule has 1 aromatic heterocycles. The van der Waals surface area contributed by atoms with Crippen molar-refractivity contribution in [3.05, 3.63) is 84.0 Å². The fraction of sp³-hybridized carbons (Fsp3) is 0.240. The highest BCUT2D eigenvalue weighted by Gasteiger charge is 2.42. The molecule has 1 unspecified atom stereocenters. The minimum Gasteiger partial charge on any atom is -0.493 e. The SMILES string of the molecule is CC[C@]1(NC(=O)CCOc2ccc(F)c(C=C(C#N)c3ccccn3)c2)C=CC=CC1B(O)O. The van der Waals surface area contributed by atoms with Gasteiger partial charge in [0, 0.05) is 17.6 Å². The Morgan fingerprint density at radius 3 is 2.85 bits per heavy atom. The van der Waals surface area contributed by atoms with Crippen LogP contribution in [0, 0.1) is 17.1 Å². The number of allylic oxidation sites excluding steroid dienone is 3. The summed E-state index contributed by atoms with van der Waals surface area (Å²) in [6, 6.07) is 11.3. The van der Waals surface area contributed by atoms with Crippen LogP contribution >= 0.6 is 0 Å². The Balaban J connectivity index is 1.65. The van der Waals surface area contributed by atoms with Crippen molar-refractivity contribution < 1.29 is 24.0 Å². The average molecular weight is 461 g/mol. The van der Waals surface area contributed by atoms with Crippen LogP contribution in [0.3, 0.4) is 0 Å². The number of nitrogens with one attached hydrogen (secondary N) is 1. The summed E-state index contributed by atoms with van der Waals surface area (Å²) in [5, 5.41) is 31.8. The molecule has 0 aliphatic heterocycles. The van der Waals surface area contributed by atoms with Gasteiger partial charge in [-0.25, -0.2) is 4.39 Å². The Hall–Kier alpha value is -3.74. The smallest absolute Gasteiger partial charge is 0.461 e. The number of ether oxygens (including phenoxy) is 1. The van der Waals surface area contributed by atoms with Crippen LogP contribution in [0.5, 0.6) is 5.75 Å². The zero-order valence-corrected chi connectivity index (χ0v) is 18.7. The van der Waals surface area contributed by atoms with E-state index >= 15 is 0 Å². The first-order valence-corrected chi connectivity index (χ1v) is 10.9. The van der Waals surface area contributed by atoms with Crippen LogP contribution in [-0.2, 0) is 4.79 Å². The maximum atomic E-state index is 14.3. The van der Waals surface area contributed by atoms with E-state index in [1.165, 1.54) is 24.3 Å². The largest absolute Gasteiger partial charge is 0.493 e. The van der Waals surface area contributed by atoms with Gasteiger partial charge < -0.3 is 20.1 Å². The van der Waals surface area contributed by atoms with Gasteiger partial charge in [-0.05, 0) is 42.8 Å². The molecule has 1 aliphatic rings. The van der Waals surface area contributed by atoms with Crippen molar-refractivity contribution in [2.75, 3.05) is 6.61 Å².